The van der Waals surface area contributed by atoms with E-state index >= 15 is 0 Å². The molecule has 0 heterocycles. The second-order valence-corrected chi connectivity index (χ2v) is 3.67. The third-order valence-corrected chi connectivity index (χ3v) is 2.34. The van der Waals surface area contributed by atoms with E-state index in [1.165, 1.54) is 0 Å². The molecule has 0 radical (unpaired) electrons. The van der Waals surface area contributed by atoms with Crippen molar-refractivity contribution in [2.24, 2.45) is 4.99 Å². The topological polar surface area (TPSA) is 45.7 Å². The molecule has 0 aromatic heterocycles. The number of aliphatic imine (C=N–C) groups is 1. The van der Waals surface area contributed by atoms with E-state index in [0.29, 0.717) is 18.1 Å². The number of benzene rings is 1. The van der Waals surface area contributed by atoms with Gasteiger partial charge in [-0.3, -0.25) is 4.99 Å². The van der Waals surface area contributed by atoms with Gasteiger partial charge in [-0.15, -0.1) is 24.0 Å². The fourth-order valence-electron chi connectivity index (χ4n) is 1.52. The molecular formula is C12H18F2IN3O. The molecule has 4 nitrogen and oxygen atoms in total. The number of hydrogen-bond donors (Lipinski definition) is 2. The SMILES string of the molecule is CN=C(NC)NCc1cc(C)ccc1OC(F)F.I. The molecule has 0 bridgehead atoms. The quantitative estimate of drug-likeness (QED) is 0.476. The first-order valence-electron chi connectivity index (χ1n) is 5.49. The predicted octanol–water partition coefficient (Wildman–Crippen LogP) is 2.51. The first kappa shape index (κ1) is 17.9. The maximum Gasteiger partial charge on any atom is 0.387 e. The summed E-state index contributed by atoms with van der Waals surface area (Å²) in [5.41, 5.74) is 1.64. The standard InChI is InChI=1S/C12H17F2N3O.HI/c1-8-4-5-10(18-11(13)14)9(6-8)7-17-12(15-2)16-3;/h4-6,11H,7H2,1-3H3,(H2,15,16,17);1H. The Morgan fingerprint density at radius 1 is 1.42 bits per heavy atom. The molecule has 2 N–H and O–H groups in total. The normalized spacial score (nSPS) is 10.9. The lowest BCUT2D eigenvalue weighted by molar-refractivity contribution is -0.0504. The molecule has 0 fully saturated rings. The van der Waals surface area contributed by atoms with E-state index in [2.05, 4.69) is 20.4 Å². The van der Waals surface area contributed by atoms with Crippen molar-refractivity contribution in [1.82, 2.24) is 10.6 Å². The number of alkyl halides is 2. The number of nitrogens with zero attached hydrogens (tertiary/aromatic N) is 1. The summed E-state index contributed by atoms with van der Waals surface area (Å²) in [5, 5.41) is 5.84. The van der Waals surface area contributed by atoms with Crippen LogP contribution in [0.25, 0.3) is 0 Å². The maximum absolute atomic E-state index is 12.3. The zero-order chi connectivity index (χ0) is 13.5. The fraction of sp³-hybridized carbons (Fsp3) is 0.417. The Morgan fingerprint density at radius 3 is 2.63 bits per heavy atom. The Labute approximate surface area is 128 Å². The van der Waals surface area contributed by atoms with Crippen LogP contribution in [0.5, 0.6) is 5.75 Å². The summed E-state index contributed by atoms with van der Waals surface area (Å²) in [6.07, 6.45) is 0. The van der Waals surface area contributed by atoms with E-state index in [1.54, 1.807) is 32.3 Å². The van der Waals surface area contributed by atoms with Crippen molar-refractivity contribution in [3.63, 3.8) is 0 Å². The number of hydrogen-bond acceptors (Lipinski definition) is 2. The van der Waals surface area contributed by atoms with Crippen molar-refractivity contribution in [1.29, 1.82) is 0 Å². The van der Waals surface area contributed by atoms with Gasteiger partial charge in [-0.2, -0.15) is 8.78 Å². The van der Waals surface area contributed by atoms with Crippen molar-refractivity contribution >= 4 is 29.9 Å². The van der Waals surface area contributed by atoms with Crippen LogP contribution in [-0.4, -0.2) is 26.7 Å². The number of rotatable bonds is 4. The minimum atomic E-state index is -2.82. The van der Waals surface area contributed by atoms with Gasteiger partial charge in [-0.05, 0) is 13.0 Å². The van der Waals surface area contributed by atoms with Gasteiger partial charge in [-0.25, -0.2) is 0 Å². The van der Waals surface area contributed by atoms with Crippen molar-refractivity contribution in [2.75, 3.05) is 14.1 Å². The second kappa shape index (κ2) is 8.89. The Hall–Kier alpha value is -1.12. The number of halogens is 3. The number of guanidine groups is 1. The van der Waals surface area contributed by atoms with Gasteiger partial charge < -0.3 is 15.4 Å². The highest BCUT2D eigenvalue weighted by Crippen LogP contribution is 2.21. The molecule has 0 saturated heterocycles. The molecule has 1 rings (SSSR count). The van der Waals surface area contributed by atoms with E-state index in [1.807, 2.05) is 6.92 Å². The minimum absolute atomic E-state index is 0. The van der Waals surface area contributed by atoms with E-state index in [4.69, 9.17) is 0 Å². The molecule has 0 amide bonds. The molecule has 1 aromatic rings. The highest BCUT2D eigenvalue weighted by Gasteiger charge is 2.10. The maximum atomic E-state index is 12.3. The summed E-state index contributed by atoms with van der Waals surface area (Å²) in [4.78, 5) is 3.94. The Balaban J connectivity index is 0.00000324. The summed E-state index contributed by atoms with van der Waals surface area (Å²) in [6, 6.07) is 5.07. The first-order valence-corrected chi connectivity index (χ1v) is 5.49. The highest BCUT2D eigenvalue weighted by atomic mass is 127. The van der Waals surface area contributed by atoms with Gasteiger partial charge in [0, 0.05) is 26.2 Å². The predicted molar refractivity (Wildman–Crippen MR) is 82.5 cm³/mol. The first-order chi connectivity index (χ1) is 8.56. The van der Waals surface area contributed by atoms with Gasteiger partial charge >= 0.3 is 6.61 Å². The Morgan fingerprint density at radius 2 is 2.11 bits per heavy atom. The van der Waals surface area contributed by atoms with Gasteiger partial charge in [-0.1, -0.05) is 17.7 Å². The smallest absolute Gasteiger partial charge is 0.387 e. The molecule has 0 atom stereocenters. The third kappa shape index (κ3) is 6.04. The number of nitrogens with one attached hydrogen (secondary N) is 2. The van der Waals surface area contributed by atoms with E-state index < -0.39 is 6.61 Å². The van der Waals surface area contributed by atoms with E-state index in [9.17, 15) is 8.78 Å². The minimum Gasteiger partial charge on any atom is -0.434 e. The van der Waals surface area contributed by atoms with Crippen molar-refractivity contribution in [2.45, 2.75) is 20.1 Å². The summed E-state index contributed by atoms with van der Waals surface area (Å²) < 4.78 is 29.0. The van der Waals surface area contributed by atoms with Crippen LogP contribution in [0, 0.1) is 6.92 Å². The fourth-order valence-corrected chi connectivity index (χ4v) is 1.52. The molecule has 0 aliphatic carbocycles. The van der Waals surface area contributed by atoms with E-state index in [0.717, 1.165) is 5.56 Å². The molecular weight excluding hydrogens is 367 g/mol. The van der Waals surface area contributed by atoms with Crippen LogP contribution in [0.3, 0.4) is 0 Å². The molecule has 0 unspecified atom stereocenters. The third-order valence-electron chi connectivity index (χ3n) is 2.34. The lowest BCUT2D eigenvalue weighted by Crippen LogP contribution is -2.34. The van der Waals surface area contributed by atoms with Gasteiger partial charge in [0.15, 0.2) is 5.96 Å². The number of aryl methyl sites for hydroxylation is 1. The lowest BCUT2D eigenvalue weighted by atomic mass is 10.1. The monoisotopic (exact) mass is 385 g/mol. The van der Waals surface area contributed by atoms with Crippen LogP contribution in [0.2, 0.25) is 0 Å². The molecule has 0 spiro atoms. The van der Waals surface area contributed by atoms with Crippen LogP contribution in [0.1, 0.15) is 11.1 Å². The van der Waals surface area contributed by atoms with Gasteiger partial charge in [0.05, 0.1) is 0 Å². The van der Waals surface area contributed by atoms with Crippen LogP contribution in [0.4, 0.5) is 8.78 Å². The van der Waals surface area contributed by atoms with Gasteiger partial charge in [0.2, 0.25) is 0 Å². The molecule has 19 heavy (non-hydrogen) atoms. The lowest BCUT2D eigenvalue weighted by Gasteiger charge is -2.13. The van der Waals surface area contributed by atoms with E-state index in [-0.39, 0.29) is 29.7 Å². The second-order valence-electron chi connectivity index (χ2n) is 3.67. The molecule has 0 aliphatic heterocycles. The largest absolute Gasteiger partial charge is 0.434 e. The molecule has 0 aliphatic rings. The summed E-state index contributed by atoms with van der Waals surface area (Å²) in [6.45, 7) is -0.574. The molecule has 108 valence electrons. The van der Waals surface area contributed by atoms with Crippen LogP contribution in [-0.2, 0) is 6.54 Å². The summed E-state index contributed by atoms with van der Waals surface area (Å²) in [7, 11) is 3.35. The average molecular weight is 385 g/mol. The highest BCUT2D eigenvalue weighted by molar-refractivity contribution is 14.0. The van der Waals surface area contributed by atoms with Gasteiger partial charge in [0.25, 0.3) is 0 Å². The van der Waals surface area contributed by atoms with Gasteiger partial charge in [0.1, 0.15) is 5.75 Å². The van der Waals surface area contributed by atoms with Crippen LogP contribution >= 0.6 is 24.0 Å². The number of ether oxygens (including phenoxy) is 1. The Kier molecular flexibility index (Phi) is 8.37. The van der Waals surface area contributed by atoms with Crippen LogP contribution < -0.4 is 15.4 Å². The zero-order valence-corrected chi connectivity index (χ0v) is 13.4. The molecule has 0 saturated carbocycles. The molecule has 7 heteroatoms. The van der Waals surface area contributed by atoms with Crippen molar-refractivity contribution in [3.8, 4) is 5.75 Å². The summed E-state index contributed by atoms with van der Waals surface area (Å²) >= 11 is 0. The summed E-state index contributed by atoms with van der Waals surface area (Å²) in [5.74, 6) is 0.758. The molecule has 1 aromatic carbocycles. The average Bonchev–Trinajstić information content (AvgIpc) is 2.33. The Bertz CT molecular complexity index is 427. The van der Waals surface area contributed by atoms with Crippen molar-refractivity contribution < 1.29 is 13.5 Å². The van der Waals surface area contributed by atoms with Crippen LogP contribution in [0.15, 0.2) is 23.2 Å². The van der Waals surface area contributed by atoms with Crippen molar-refractivity contribution in [3.05, 3.63) is 29.3 Å². The zero-order valence-electron chi connectivity index (χ0n) is 11.0.